The fraction of sp³-hybridized carbons (Fsp3) is 0.154. The quantitative estimate of drug-likeness (QED) is 0.781. The molecule has 3 rings (SSSR count). The molecular weight excluding hydrogens is 244 g/mol. The van der Waals surface area contributed by atoms with Gasteiger partial charge in [-0.1, -0.05) is 28.8 Å². The third-order valence-corrected chi connectivity index (χ3v) is 3.49. The van der Waals surface area contributed by atoms with Gasteiger partial charge < -0.3 is 5.32 Å². The van der Waals surface area contributed by atoms with Crippen molar-refractivity contribution in [3.63, 3.8) is 0 Å². The summed E-state index contributed by atoms with van der Waals surface area (Å²) in [5.74, 6) is 0. The average Bonchev–Trinajstić information content (AvgIpc) is 2.94. The Morgan fingerprint density at radius 2 is 2.11 bits per heavy atom. The van der Waals surface area contributed by atoms with Gasteiger partial charge in [-0.25, -0.2) is 0 Å². The fourth-order valence-corrected chi connectivity index (χ4v) is 2.61. The van der Waals surface area contributed by atoms with E-state index in [4.69, 9.17) is 0 Å². The van der Waals surface area contributed by atoms with Crippen molar-refractivity contribution < 1.29 is 0 Å². The third kappa shape index (κ3) is 1.87. The Hall–Kier alpha value is -1.85. The highest BCUT2D eigenvalue weighted by Crippen LogP contribution is 2.27. The Balaban J connectivity index is 2.18. The van der Waals surface area contributed by atoms with Crippen LogP contribution in [0.3, 0.4) is 0 Å². The van der Waals surface area contributed by atoms with Crippen LogP contribution in [0.5, 0.6) is 0 Å². The van der Waals surface area contributed by atoms with Gasteiger partial charge in [0.2, 0.25) is 0 Å². The lowest BCUT2D eigenvalue weighted by Gasteiger charge is -2.15. The lowest BCUT2D eigenvalue weighted by molar-refractivity contribution is 0.670. The van der Waals surface area contributed by atoms with Crippen molar-refractivity contribution >= 4 is 22.3 Å². The lowest BCUT2D eigenvalue weighted by Crippen LogP contribution is -2.18. The van der Waals surface area contributed by atoms with E-state index < -0.39 is 0 Å². The van der Waals surface area contributed by atoms with Crippen LogP contribution in [0.1, 0.15) is 17.3 Å². The van der Waals surface area contributed by atoms with E-state index in [9.17, 15) is 0 Å². The second-order valence-corrected chi connectivity index (χ2v) is 4.61. The number of fused-ring (bicyclic) bond motifs is 1. The van der Waals surface area contributed by atoms with Crippen LogP contribution in [-0.4, -0.2) is 21.6 Å². The molecule has 1 N–H and O–H groups in total. The molecule has 2 aromatic heterocycles. The summed E-state index contributed by atoms with van der Waals surface area (Å²) in [5, 5.41) is 11.7. The van der Waals surface area contributed by atoms with E-state index in [1.807, 2.05) is 37.0 Å². The van der Waals surface area contributed by atoms with Crippen molar-refractivity contribution in [1.82, 2.24) is 19.9 Å². The maximum atomic E-state index is 4.31. The molecule has 0 aliphatic carbocycles. The van der Waals surface area contributed by atoms with Gasteiger partial charge in [0.25, 0.3) is 0 Å². The van der Waals surface area contributed by atoms with E-state index in [0.29, 0.717) is 0 Å². The smallest absolute Gasteiger partial charge is 0.0970 e. The van der Waals surface area contributed by atoms with Gasteiger partial charge in [-0.15, -0.1) is 5.10 Å². The molecule has 4 nitrogen and oxygen atoms in total. The van der Waals surface area contributed by atoms with Crippen LogP contribution in [0.2, 0.25) is 0 Å². The highest BCUT2D eigenvalue weighted by Gasteiger charge is 2.17. The molecule has 0 saturated heterocycles. The van der Waals surface area contributed by atoms with Crippen LogP contribution in [0, 0.1) is 0 Å². The predicted octanol–water partition coefficient (Wildman–Crippen LogP) is 2.40. The van der Waals surface area contributed by atoms with E-state index in [-0.39, 0.29) is 6.04 Å². The molecular formula is C13H12N4S. The highest BCUT2D eigenvalue weighted by atomic mass is 32.1. The highest BCUT2D eigenvalue weighted by molar-refractivity contribution is 7.03. The van der Waals surface area contributed by atoms with Crippen LogP contribution in [0.4, 0.5) is 0 Å². The molecule has 18 heavy (non-hydrogen) atoms. The molecule has 0 saturated carbocycles. The molecule has 5 heteroatoms. The first-order valence-corrected chi connectivity index (χ1v) is 6.50. The van der Waals surface area contributed by atoms with Gasteiger partial charge in [-0.2, -0.15) is 0 Å². The van der Waals surface area contributed by atoms with Gasteiger partial charge in [0, 0.05) is 28.7 Å². The molecule has 0 radical (unpaired) electrons. The van der Waals surface area contributed by atoms with Crippen LogP contribution in [-0.2, 0) is 0 Å². The summed E-state index contributed by atoms with van der Waals surface area (Å²) in [7, 11) is 1.92. The van der Waals surface area contributed by atoms with Gasteiger partial charge in [0.05, 0.1) is 11.7 Å². The molecule has 90 valence electrons. The van der Waals surface area contributed by atoms with Gasteiger partial charge in [0.1, 0.15) is 0 Å². The van der Waals surface area contributed by atoms with Gasteiger partial charge in [-0.05, 0) is 24.0 Å². The van der Waals surface area contributed by atoms with Gasteiger partial charge in [0.15, 0.2) is 0 Å². The van der Waals surface area contributed by atoms with E-state index in [1.54, 1.807) is 0 Å². The fourth-order valence-electron chi connectivity index (χ4n) is 2.13. The maximum Gasteiger partial charge on any atom is 0.0970 e. The largest absolute Gasteiger partial charge is 0.308 e. The second-order valence-electron chi connectivity index (χ2n) is 4.00. The van der Waals surface area contributed by atoms with Crippen molar-refractivity contribution in [1.29, 1.82) is 0 Å². The molecule has 0 aliphatic rings. The summed E-state index contributed by atoms with van der Waals surface area (Å²) >= 11 is 1.36. The number of hydrogen-bond acceptors (Lipinski definition) is 5. The summed E-state index contributed by atoms with van der Waals surface area (Å²) in [4.78, 5) is 4.31. The number of aromatic nitrogens is 3. The lowest BCUT2D eigenvalue weighted by atomic mass is 10.0. The minimum Gasteiger partial charge on any atom is -0.308 e. The third-order valence-electron chi connectivity index (χ3n) is 2.97. The van der Waals surface area contributed by atoms with Crippen molar-refractivity contribution in [3.05, 3.63) is 53.3 Å². The molecule has 0 aliphatic heterocycles. The average molecular weight is 256 g/mol. The standard InChI is InChI=1S/C13H12N4S/c1-14-13(12-8-18-17-16-12)11-7-15-6-9-4-2-3-5-10(9)11/h2-8,13-14H,1H3. The zero-order valence-electron chi connectivity index (χ0n) is 9.87. The van der Waals surface area contributed by atoms with Crippen molar-refractivity contribution in [3.8, 4) is 0 Å². The molecule has 1 unspecified atom stereocenters. The normalized spacial score (nSPS) is 12.7. The van der Waals surface area contributed by atoms with Crippen molar-refractivity contribution in [2.45, 2.75) is 6.04 Å². The van der Waals surface area contributed by atoms with E-state index in [1.165, 1.54) is 16.9 Å². The van der Waals surface area contributed by atoms with Crippen LogP contribution < -0.4 is 5.32 Å². The first-order valence-electron chi connectivity index (χ1n) is 5.67. The zero-order valence-corrected chi connectivity index (χ0v) is 10.7. The van der Waals surface area contributed by atoms with Crippen molar-refractivity contribution in [2.75, 3.05) is 7.05 Å². The van der Waals surface area contributed by atoms with Crippen LogP contribution >= 0.6 is 11.5 Å². The summed E-state index contributed by atoms with van der Waals surface area (Å²) in [6.45, 7) is 0. The zero-order chi connectivity index (χ0) is 12.4. The number of nitrogens with one attached hydrogen (secondary N) is 1. The Kier molecular flexibility index (Phi) is 3.00. The monoisotopic (exact) mass is 256 g/mol. The molecule has 0 bridgehead atoms. The summed E-state index contributed by atoms with van der Waals surface area (Å²) in [6.07, 6.45) is 3.77. The maximum absolute atomic E-state index is 4.31. The Bertz CT molecular complexity index is 646. The second kappa shape index (κ2) is 4.80. The number of nitrogens with zero attached hydrogens (tertiary/aromatic N) is 3. The van der Waals surface area contributed by atoms with E-state index in [2.05, 4.69) is 32.0 Å². The Morgan fingerprint density at radius 3 is 2.89 bits per heavy atom. The molecule has 1 aromatic carbocycles. The first-order chi connectivity index (χ1) is 8.90. The molecule has 3 aromatic rings. The van der Waals surface area contributed by atoms with E-state index in [0.717, 1.165) is 16.6 Å². The minimum absolute atomic E-state index is 0.0300. The Morgan fingerprint density at radius 1 is 1.22 bits per heavy atom. The SMILES string of the molecule is CNC(c1csnn1)c1cncc2ccccc12. The molecule has 2 heterocycles. The van der Waals surface area contributed by atoms with Gasteiger partial charge >= 0.3 is 0 Å². The van der Waals surface area contributed by atoms with Crippen LogP contribution in [0.15, 0.2) is 42.0 Å². The summed E-state index contributed by atoms with van der Waals surface area (Å²) < 4.78 is 3.93. The topological polar surface area (TPSA) is 50.7 Å². The minimum atomic E-state index is 0.0300. The summed E-state index contributed by atoms with van der Waals surface area (Å²) in [5.41, 5.74) is 2.06. The number of benzene rings is 1. The predicted molar refractivity (Wildman–Crippen MR) is 72.6 cm³/mol. The number of pyridine rings is 1. The summed E-state index contributed by atoms with van der Waals surface area (Å²) in [6, 6.07) is 8.26. The van der Waals surface area contributed by atoms with E-state index >= 15 is 0 Å². The molecule has 0 fully saturated rings. The molecule has 0 amide bonds. The first kappa shape index (κ1) is 11.3. The van der Waals surface area contributed by atoms with Gasteiger partial charge in [-0.3, -0.25) is 4.98 Å². The molecule has 1 atom stereocenters. The number of hydrogen-bond donors (Lipinski definition) is 1. The van der Waals surface area contributed by atoms with Crippen molar-refractivity contribution in [2.24, 2.45) is 0 Å². The molecule has 0 spiro atoms. The Labute approximate surface area is 109 Å². The van der Waals surface area contributed by atoms with Crippen LogP contribution in [0.25, 0.3) is 10.8 Å². The number of rotatable bonds is 3.